The Bertz CT molecular complexity index is 581. The zero-order chi connectivity index (χ0) is 15.2. The van der Waals surface area contributed by atoms with Crippen molar-refractivity contribution in [1.29, 1.82) is 0 Å². The van der Waals surface area contributed by atoms with Crippen molar-refractivity contribution in [3.8, 4) is 5.75 Å². The molecule has 3 nitrogen and oxygen atoms in total. The lowest BCUT2D eigenvalue weighted by molar-refractivity contribution is -0.125. The maximum atomic E-state index is 12.2. The number of carbonyl (C=O) groups is 1. The lowest BCUT2D eigenvalue weighted by atomic mass is 9.59. The number of hydrogen-bond acceptors (Lipinski definition) is 3. The summed E-state index contributed by atoms with van der Waals surface area (Å²) in [4.78, 5) is 14.8. The van der Waals surface area contributed by atoms with E-state index in [9.17, 15) is 9.90 Å². The first-order valence-corrected chi connectivity index (χ1v) is 8.69. The average Bonchev–Trinajstić information content (AvgIpc) is 3.31. The highest BCUT2D eigenvalue weighted by Gasteiger charge is 2.48. The average molecular weight is 299 g/mol. The van der Waals surface area contributed by atoms with Gasteiger partial charge in [-0.2, -0.15) is 0 Å². The largest absolute Gasteiger partial charge is 0.508 e. The predicted molar refractivity (Wildman–Crippen MR) is 85.9 cm³/mol. The zero-order valence-electron chi connectivity index (χ0n) is 13.1. The van der Waals surface area contributed by atoms with Crippen LogP contribution < -0.4 is 0 Å². The Morgan fingerprint density at radius 1 is 1.27 bits per heavy atom. The molecule has 3 heteroatoms. The lowest BCUT2D eigenvalue weighted by Gasteiger charge is -2.50. The van der Waals surface area contributed by atoms with Gasteiger partial charge in [-0.25, -0.2) is 0 Å². The van der Waals surface area contributed by atoms with Crippen LogP contribution in [0.3, 0.4) is 0 Å². The highest BCUT2D eigenvalue weighted by atomic mass is 16.3. The molecule has 2 atom stereocenters. The van der Waals surface area contributed by atoms with Gasteiger partial charge in [0.15, 0.2) is 0 Å². The Morgan fingerprint density at radius 2 is 2.14 bits per heavy atom. The molecule has 4 rings (SSSR count). The van der Waals surface area contributed by atoms with Crippen molar-refractivity contribution >= 4 is 5.78 Å². The number of phenols is 1. The van der Waals surface area contributed by atoms with Crippen LogP contribution in [0, 0.1) is 11.8 Å². The smallest absolute Gasteiger partial charge is 0.133 e. The Hall–Kier alpha value is -1.35. The van der Waals surface area contributed by atoms with E-state index in [0.29, 0.717) is 23.9 Å². The molecule has 1 aromatic rings. The second kappa shape index (κ2) is 5.38. The summed E-state index contributed by atoms with van der Waals surface area (Å²) in [5, 5.41) is 9.88. The third kappa shape index (κ3) is 2.56. The molecule has 1 N–H and O–H groups in total. The molecule has 3 fully saturated rings. The molecule has 1 unspecified atom stereocenters. The number of rotatable bonds is 3. The summed E-state index contributed by atoms with van der Waals surface area (Å²) in [6.45, 7) is 3.47. The molecule has 1 aliphatic heterocycles. The molecule has 0 aromatic heterocycles. The minimum Gasteiger partial charge on any atom is -0.508 e. The van der Waals surface area contributed by atoms with Crippen molar-refractivity contribution in [2.45, 2.75) is 43.9 Å². The number of hydrogen-bond donors (Lipinski definition) is 1. The van der Waals surface area contributed by atoms with Gasteiger partial charge in [0.25, 0.3) is 0 Å². The predicted octanol–water partition coefficient (Wildman–Crippen LogP) is 3.11. The minimum atomic E-state index is -0.0336. The maximum Gasteiger partial charge on any atom is 0.133 e. The summed E-state index contributed by atoms with van der Waals surface area (Å²) in [6.07, 6.45) is 6.27. The number of phenolic OH excluding ortho intramolecular Hbond substituents is 1. The molecule has 1 heterocycles. The van der Waals surface area contributed by atoms with E-state index in [4.69, 9.17) is 0 Å². The van der Waals surface area contributed by atoms with Crippen molar-refractivity contribution in [2.24, 2.45) is 11.8 Å². The van der Waals surface area contributed by atoms with E-state index < -0.39 is 0 Å². The van der Waals surface area contributed by atoms with Gasteiger partial charge in [-0.05, 0) is 61.8 Å². The van der Waals surface area contributed by atoms with Crippen LogP contribution in [-0.4, -0.2) is 35.4 Å². The van der Waals surface area contributed by atoms with Crippen LogP contribution in [0.15, 0.2) is 24.3 Å². The van der Waals surface area contributed by atoms with Crippen LogP contribution in [0.4, 0.5) is 0 Å². The highest BCUT2D eigenvalue weighted by molar-refractivity contribution is 5.81. The summed E-state index contributed by atoms with van der Waals surface area (Å²) in [5.41, 5.74) is 1.14. The third-order valence-electron chi connectivity index (χ3n) is 6.05. The molecule has 1 saturated heterocycles. The summed E-state index contributed by atoms with van der Waals surface area (Å²) < 4.78 is 0. The molecular formula is C19H25NO2. The van der Waals surface area contributed by atoms with E-state index in [2.05, 4.69) is 11.0 Å². The van der Waals surface area contributed by atoms with Gasteiger partial charge in [-0.1, -0.05) is 12.1 Å². The number of Topliss-reactive ketones (excluding diaryl/α,β-unsaturated/α-hetero) is 1. The Labute approximate surface area is 132 Å². The van der Waals surface area contributed by atoms with E-state index in [1.807, 2.05) is 12.1 Å². The third-order valence-corrected chi connectivity index (χ3v) is 6.05. The number of nitrogens with zero attached hydrogens (tertiary/aromatic N) is 1. The molecular weight excluding hydrogens is 274 g/mol. The van der Waals surface area contributed by atoms with Crippen LogP contribution >= 0.6 is 0 Å². The number of benzene rings is 1. The first-order chi connectivity index (χ1) is 10.7. The van der Waals surface area contributed by atoms with Crippen LogP contribution in [0.1, 0.15) is 44.1 Å². The summed E-state index contributed by atoms with van der Waals surface area (Å²) >= 11 is 0. The maximum absolute atomic E-state index is 12.2. The van der Waals surface area contributed by atoms with Crippen LogP contribution in [0.2, 0.25) is 0 Å². The number of fused-ring (bicyclic) bond motifs is 1. The second-order valence-corrected chi connectivity index (χ2v) is 7.61. The van der Waals surface area contributed by atoms with Gasteiger partial charge in [0, 0.05) is 31.3 Å². The van der Waals surface area contributed by atoms with Gasteiger partial charge in [0.1, 0.15) is 11.5 Å². The molecule has 3 aliphatic rings. The molecule has 22 heavy (non-hydrogen) atoms. The lowest BCUT2D eigenvalue weighted by Crippen LogP contribution is -2.53. The Morgan fingerprint density at radius 3 is 2.91 bits per heavy atom. The number of likely N-dealkylation sites (tertiary alicyclic amines) is 1. The number of piperidine rings is 1. The molecule has 1 aromatic carbocycles. The van der Waals surface area contributed by atoms with Crippen molar-refractivity contribution in [3.05, 3.63) is 29.8 Å². The fourth-order valence-electron chi connectivity index (χ4n) is 4.64. The fraction of sp³-hybridized carbons (Fsp3) is 0.632. The molecule has 0 spiro atoms. The molecule has 0 radical (unpaired) electrons. The summed E-state index contributed by atoms with van der Waals surface area (Å²) in [6, 6.07) is 7.65. The first-order valence-electron chi connectivity index (χ1n) is 8.69. The molecule has 0 amide bonds. The standard InChI is InChI=1S/C19H25NO2/c21-17-3-1-2-15(10-17)19-8-9-20(12-14-4-5-14)13-16(19)6-7-18(22)11-19/h1-3,10,14,16,21H,4-9,11-13H2/t16-,19?/m0/s1. The fourth-order valence-corrected chi connectivity index (χ4v) is 4.64. The van der Waals surface area contributed by atoms with Gasteiger partial charge in [0.2, 0.25) is 0 Å². The van der Waals surface area contributed by atoms with E-state index >= 15 is 0 Å². The van der Waals surface area contributed by atoms with E-state index in [0.717, 1.165) is 38.3 Å². The summed E-state index contributed by atoms with van der Waals surface area (Å²) in [5.74, 6) is 2.21. The number of carbonyl (C=O) groups excluding carboxylic acids is 1. The van der Waals surface area contributed by atoms with Gasteiger partial charge >= 0.3 is 0 Å². The second-order valence-electron chi connectivity index (χ2n) is 7.61. The SMILES string of the molecule is O=C1CC[C@H]2CN(CC3CC3)CCC2(c2cccc(O)c2)C1. The van der Waals surface area contributed by atoms with Crippen LogP contribution in [-0.2, 0) is 10.2 Å². The number of aromatic hydroxyl groups is 1. The number of ketones is 1. The summed E-state index contributed by atoms with van der Waals surface area (Å²) in [7, 11) is 0. The van der Waals surface area contributed by atoms with E-state index in [1.165, 1.54) is 24.9 Å². The van der Waals surface area contributed by atoms with Gasteiger partial charge in [0.05, 0.1) is 0 Å². The Balaban J connectivity index is 1.62. The van der Waals surface area contributed by atoms with Crippen molar-refractivity contribution in [2.75, 3.05) is 19.6 Å². The monoisotopic (exact) mass is 299 g/mol. The van der Waals surface area contributed by atoms with Crippen LogP contribution in [0.5, 0.6) is 5.75 Å². The molecule has 2 aliphatic carbocycles. The van der Waals surface area contributed by atoms with E-state index in [1.54, 1.807) is 6.07 Å². The normalized spacial score (nSPS) is 32.7. The van der Waals surface area contributed by atoms with Crippen molar-refractivity contribution in [1.82, 2.24) is 4.90 Å². The van der Waals surface area contributed by atoms with Gasteiger partial charge in [-0.15, -0.1) is 0 Å². The van der Waals surface area contributed by atoms with Crippen molar-refractivity contribution < 1.29 is 9.90 Å². The van der Waals surface area contributed by atoms with Gasteiger partial charge in [-0.3, -0.25) is 4.79 Å². The molecule has 0 bridgehead atoms. The molecule has 118 valence electrons. The highest BCUT2D eigenvalue weighted by Crippen LogP contribution is 2.49. The van der Waals surface area contributed by atoms with Crippen molar-refractivity contribution in [3.63, 3.8) is 0 Å². The quantitative estimate of drug-likeness (QED) is 0.932. The van der Waals surface area contributed by atoms with Crippen LogP contribution in [0.25, 0.3) is 0 Å². The van der Waals surface area contributed by atoms with E-state index in [-0.39, 0.29) is 5.41 Å². The first kappa shape index (κ1) is 14.3. The Kier molecular flexibility index (Phi) is 3.48. The van der Waals surface area contributed by atoms with Gasteiger partial charge < -0.3 is 10.0 Å². The minimum absolute atomic E-state index is 0.0336. The zero-order valence-corrected chi connectivity index (χ0v) is 13.1. The molecule has 2 saturated carbocycles. The topological polar surface area (TPSA) is 40.5 Å².